The smallest absolute Gasteiger partial charge is 0.190 e. The summed E-state index contributed by atoms with van der Waals surface area (Å²) in [5.74, 6) is 1.87. The van der Waals surface area contributed by atoms with E-state index in [1.54, 1.807) is 0 Å². The van der Waals surface area contributed by atoms with Gasteiger partial charge in [0.15, 0.2) is 5.96 Å². The summed E-state index contributed by atoms with van der Waals surface area (Å²) in [6, 6.07) is 6.03. The zero-order valence-corrected chi connectivity index (χ0v) is 13.9. The molecule has 0 radical (unpaired) electrons. The Balaban J connectivity index is 1.55. The minimum absolute atomic E-state index is 0.860. The number of hydrogen-bond donors (Lipinski definition) is 2. The van der Waals surface area contributed by atoms with E-state index >= 15 is 0 Å². The third-order valence-corrected chi connectivity index (χ3v) is 4.43. The lowest BCUT2D eigenvalue weighted by Crippen LogP contribution is -2.38. The van der Waals surface area contributed by atoms with Crippen molar-refractivity contribution in [2.75, 3.05) is 20.1 Å². The molecule has 1 saturated carbocycles. The van der Waals surface area contributed by atoms with Gasteiger partial charge in [-0.25, -0.2) is 0 Å². The van der Waals surface area contributed by atoms with Crippen molar-refractivity contribution >= 4 is 5.96 Å². The van der Waals surface area contributed by atoms with E-state index in [2.05, 4.69) is 26.7 Å². The first-order valence-electron chi connectivity index (χ1n) is 8.73. The first-order valence-corrected chi connectivity index (χ1v) is 8.73. The van der Waals surface area contributed by atoms with Crippen LogP contribution in [0.2, 0.25) is 0 Å². The van der Waals surface area contributed by atoms with Gasteiger partial charge in [0.2, 0.25) is 0 Å². The normalized spacial score (nSPS) is 16.5. The maximum atomic E-state index is 4.33. The van der Waals surface area contributed by atoms with Crippen LogP contribution in [-0.2, 0) is 6.42 Å². The number of aliphatic imine (C=N–C) groups is 1. The molecule has 1 heterocycles. The summed E-state index contributed by atoms with van der Waals surface area (Å²) in [6.07, 6.45) is 12.6. The van der Waals surface area contributed by atoms with Gasteiger partial charge in [-0.05, 0) is 30.9 Å². The van der Waals surface area contributed by atoms with Crippen LogP contribution in [0.25, 0.3) is 0 Å². The fraction of sp³-hybridized carbons (Fsp3) is 0.667. The van der Waals surface area contributed by atoms with E-state index in [-0.39, 0.29) is 0 Å². The average Bonchev–Trinajstić information content (AvgIpc) is 2.59. The average molecular weight is 302 g/mol. The predicted molar refractivity (Wildman–Crippen MR) is 93.1 cm³/mol. The van der Waals surface area contributed by atoms with Crippen molar-refractivity contribution in [2.45, 2.75) is 51.4 Å². The van der Waals surface area contributed by atoms with Gasteiger partial charge in [-0.2, -0.15) is 0 Å². The van der Waals surface area contributed by atoms with Crippen LogP contribution < -0.4 is 10.6 Å². The lowest BCUT2D eigenvalue weighted by Gasteiger charge is -2.21. The van der Waals surface area contributed by atoms with Gasteiger partial charge in [0.25, 0.3) is 0 Å². The van der Waals surface area contributed by atoms with Crippen LogP contribution in [-0.4, -0.2) is 31.1 Å². The van der Waals surface area contributed by atoms with Gasteiger partial charge in [-0.1, -0.05) is 38.2 Å². The highest BCUT2D eigenvalue weighted by Crippen LogP contribution is 2.26. The first kappa shape index (κ1) is 16.8. The van der Waals surface area contributed by atoms with Crippen molar-refractivity contribution in [3.8, 4) is 0 Å². The third-order valence-electron chi connectivity index (χ3n) is 4.43. The molecular weight excluding hydrogens is 272 g/mol. The molecule has 4 nitrogen and oxygen atoms in total. The minimum atomic E-state index is 0.860. The number of nitrogens with zero attached hydrogens (tertiary/aromatic N) is 2. The fourth-order valence-corrected chi connectivity index (χ4v) is 3.15. The summed E-state index contributed by atoms with van der Waals surface area (Å²) in [5.41, 5.74) is 1.11. The van der Waals surface area contributed by atoms with Gasteiger partial charge in [-0.15, -0.1) is 0 Å². The number of rotatable bonds is 7. The van der Waals surface area contributed by atoms with Crippen LogP contribution >= 0.6 is 0 Å². The highest BCUT2D eigenvalue weighted by Gasteiger charge is 2.12. The van der Waals surface area contributed by atoms with E-state index in [1.165, 1.54) is 44.9 Å². The standard InChI is InChI=1S/C18H30N4/c1-19-18(22-15-12-17-11-5-6-13-20-17)21-14-7-10-16-8-3-2-4-9-16/h5-6,11,13,16H,2-4,7-10,12,14-15H2,1H3,(H2,19,21,22). The quantitative estimate of drug-likeness (QED) is 0.462. The molecule has 122 valence electrons. The zero-order valence-electron chi connectivity index (χ0n) is 13.9. The van der Waals surface area contributed by atoms with Crippen molar-refractivity contribution in [1.82, 2.24) is 15.6 Å². The van der Waals surface area contributed by atoms with Gasteiger partial charge in [0.05, 0.1) is 0 Å². The van der Waals surface area contributed by atoms with Crippen molar-refractivity contribution in [2.24, 2.45) is 10.9 Å². The van der Waals surface area contributed by atoms with E-state index < -0.39 is 0 Å². The SMILES string of the molecule is CN=C(NCCCC1CCCCC1)NCCc1ccccn1. The van der Waals surface area contributed by atoms with Crippen LogP contribution in [0, 0.1) is 5.92 Å². The Kier molecular flexibility index (Phi) is 7.78. The maximum absolute atomic E-state index is 4.33. The van der Waals surface area contributed by atoms with E-state index in [9.17, 15) is 0 Å². The molecule has 0 saturated heterocycles. The molecule has 22 heavy (non-hydrogen) atoms. The van der Waals surface area contributed by atoms with Crippen LogP contribution in [0.1, 0.15) is 50.6 Å². The maximum Gasteiger partial charge on any atom is 0.190 e. The van der Waals surface area contributed by atoms with Gasteiger partial charge < -0.3 is 10.6 Å². The summed E-state index contributed by atoms with van der Waals surface area (Å²) in [5, 5.41) is 6.77. The summed E-state index contributed by atoms with van der Waals surface area (Å²) in [7, 11) is 1.83. The number of nitrogens with one attached hydrogen (secondary N) is 2. The molecule has 0 unspecified atom stereocenters. The topological polar surface area (TPSA) is 49.3 Å². The Morgan fingerprint density at radius 1 is 1.18 bits per heavy atom. The number of guanidine groups is 1. The van der Waals surface area contributed by atoms with Gasteiger partial charge >= 0.3 is 0 Å². The molecule has 1 aromatic heterocycles. The van der Waals surface area contributed by atoms with Crippen LogP contribution in [0.4, 0.5) is 0 Å². The second-order valence-corrected chi connectivity index (χ2v) is 6.14. The fourth-order valence-electron chi connectivity index (χ4n) is 3.15. The molecule has 0 bridgehead atoms. The number of hydrogen-bond acceptors (Lipinski definition) is 2. The van der Waals surface area contributed by atoms with Crippen molar-refractivity contribution in [1.29, 1.82) is 0 Å². The first-order chi connectivity index (χ1) is 10.9. The highest BCUT2D eigenvalue weighted by molar-refractivity contribution is 5.79. The second-order valence-electron chi connectivity index (χ2n) is 6.14. The lowest BCUT2D eigenvalue weighted by molar-refractivity contribution is 0.332. The molecule has 0 atom stereocenters. The molecule has 0 aromatic carbocycles. The Morgan fingerprint density at radius 3 is 2.73 bits per heavy atom. The molecule has 0 amide bonds. The largest absolute Gasteiger partial charge is 0.356 e. The molecule has 4 heteroatoms. The highest BCUT2D eigenvalue weighted by atomic mass is 15.2. The van der Waals surface area contributed by atoms with E-state index in [4.69, 9.17) is 0 Å². The minimum Gasteiger partial charge on any atom is -0.356 e. The molecule has 1 aliphatic rings. The predicted octanol–water partition coefficient (Wildman–Crippen LogP) is 3.15. The Labute approximate surface area is 134 Å². The van der Waals surface area contributed by atoms with Gasteiger partial charge in [0.1, 0.15) is 0 Å². The van der Waals surface area contributed by atoms with E-state index in [0.29, 0.717) is 0 Å². The Bertz CT molecular complexity index is 424. The number of aromatic nitrogens is 1. The molecule has 1 aromatic rings. The summed E-state index contributed by atoms with van der Waals surface area (Å²) < 4.78 is 0. The van der Waals surface area contributed by atoms with Crippen molar-refractivity contribution in [3.63, 3.8) is 0 Å². The van der Waals surface area contributed by atoms with E-state index in [1.807, 2.05) is 25.4 Å². The summed E-state index contributed by atoms with van der Waals surface area (Å²) in [6.45, 7) is 1.87. The molecule has 1 aliphatic carbocycles. The second kappa shape index (κ2) is 10.2. The summed E-state index contributed by atoms with van der Waals surface area (Å²) >= 11 is 0. The van der Waals surface area contributed by atoms with Crippen molar-refractivity contribution in [3.05, 3.63) is 30.1 Å². The summed E-state index contributed by atoms with van der Waals surface area (Å²) in [4.78, 5) is 8.61. The molecule has 1 fully saturated rings. The van der Waals surface area contributed by atoms with Crippen LogP contribution in [0.3, 0.4) is 0 Å². The Morgan fingerprint density at radius 2 is 2.00 bits per heavy atom. The molecule has 0 aliphatic heterocycles. The molecule has 0 spiro atoms. The molecule has 2 rings (SSSR count). The number of pyridine rings is 1. The zero-order chi connectivity index (χ0) is 15.5. The molecular formula is C18H30N4. The van der Waals surface area contributed by atoms with Crippen molar-refractivity contribution < 1.29 is 0 Å². The van der Waals surface area contributed by atoms with Crippen LogP contribution in [0.5, 0.6) is 0 Å². The monoisotopic (exact) mass is 302 g/mol. The van der Waals surface area contributed by atoms with Gasteiger partial charge in [-0.3, -0.25) is 9.98 Å². The van der Waals surface area contributed by atoms with E-state index in [0.717, 1.165) is 37.1 Å². The molecule has 2 N–H and O–H groups in total. The lowest BCUT2D eigenvalue weighted by atomic mass is 9.86. The third kappa shape index (κ3) is 6.46. The Hall–Kier alpha value is -1.58. The van der Waals surface area contributed by atoms with Crippen LogP contribution in [0.15, 0.2) is 29.4 Å². The van der Waals surface area contributed by atoms with Gasteiger partial charge in [0, 0.05) is 38.4 Å².